The zero-order chi connectivity index (χ0) is 19.3. The number of rotatable bonds is 4. The number of nitrogens with one attached hydrogen (secondary N) is 1. The topological polar surface area (TPSA) is 45.2 Å². The summed E-state index contributed by atoms with van der Waals surface area (Å²) >= 11 is 0. The molecular weight excluding hydrogens is 355 g/mol. The number of carbonyl (C=O) groups excluding carboxylic acids is 1. The van der Waals surface area contributed by atoms with E-state index in [9.17, 15) is 18.0 Å². The van der Waals surface area contributed by atoms with Crippen molar-refractivity contribution in [3.8, 4) is 0 Å². The minimum Gasteiger partial charge on any atom is -0.370 e. The molecule has 1 N–H and O–H groups in total. The van der Waals surface area contributed by atoms with E-state index in [1.54, 1.807) is 30.6 Å². The molecule has 0 bridgehead atoms. The lowest BCUT2D eigenvalue weighted by atomic mass is 10.1. The van der Waals surface area contributed by atoms with Gasteiger partial charge in [0.1, 0.15) is 0 Å². The Kier molecular flexibility index (Phi) is 5.78. The Morgan fingerprint density at radius 3 is 2.59 bits per heavy atom. The molecule has 1 aromatic carbocycles. The molecule has 1 saturated heterocycles. The molecule has 27 heavy (non-hydrogen) atoms. The van der Waals surface area contributed by atoms with Crippen LogP contribution in [0.25, 0.3) is 6.08 Å². The van der Waals surface area contributed by atoms with Gasteiger partial charge in [0, 0.05) is 31.6 Å². The van der Waals surface area contributed by atoms with Crippen LogP contribution in [0.2, 0.25) is 0 Å². The van der Waals surface area contributed by atoms with E-state index in [4.69, 9.17) is 0 Å². The van der Waals surface area contributed by atoms with Crippen LogP contribution in [-0.4, -0.2) is 24.0 Å². The Labute approximate surface area is 155 Å². The van der Waals surface area contributed by atoms with Crippen LogP contribution in [0, 0.1) is 0 Å². The van der Waals surface area contributed by atoms with Gasteiger partial charge in [0.25, 0.3) is 0 Å². The molecular formula is C20H20F3N3O. The fourth-order valence-electron chi connectivity index (χ4n) is 3.04. The highest BCUT2D eigenvalue weighted by Crippen LogP contribution is 2.36. The van der Waals surface area contributed by atoms with Crippen molar-refractivity contribution < 1.29 is 18.0 Å². The number of aromatic nitrogens is 1. The molecule has 142 valence electrons. The highest BCUT2D eigenvalue weighted by molar-refractivity contribution is 6.03. The van der Waals surface area contributed by atoms with Crippen molar-refractivity contribution in [1.82, 2.24) is 4.98 Å². The minimum atomic E-state index is -4.47. The number of alkyl halides is 3. The summed E-state index contributed by atoms with van der Waals surface area (Å²) < 4.78 is 39.3. The monoisotopic (exact) mass is 375 g/mol. The van der Waals surface area contributed by atoms with Gasteiger partial charge in [-0.2, -0.15) is 13.2 Å². The van der Waals surface area contributed by atoms with Gasteiger partial charge in [-0.3, -0.25) is 9.78 Å². The van der Waals surface area contributed by atoms with Gasteiger partial charge in [0.2, 0.25) is 5.91 Å². The highest BCUT2D eigenvalue weighted by atomic mass is 19.4. The highest BCUT2D eigenvalue weighted by Gasteiger charge is 2.31. The average molecular weight is 375 g/mol. The van der Waals surface area contributed by atoms with Crippen molar-refractivity contribution in [2.75, 3.05) is 23.3 Å². The first-order valence-corrected chi connectivity index (χ1v) is 8.79. The smallest absolute Gasteiger partial charge is 0.370 e. The predicted octanol–water partition coefficient (Wildman–Crippen LogP) is 4.74. The van der Waals surface area contributed by atoms with Crippen molar-refractivity contribution >= 4 is 23.4 Å². The first-order valence-electron chi connectivity index (χ1n) is 8.79. The summed E-state index contributed by atoms with van der Waals surface area (Å²) in [6, 6.07) is 7.01. The Hall–Kier alpha value is -2.83. The lowest BCUT2D eigenvalue weighted by molar-refractivity contribution is -0.137. The zero-order valence-corrected chi connectivity index (χ0v) is 14.7. The van der Waals surface area contributed by atoms with E-state index in [2.05, 4.69) is 10.3 Å². The molecule has 0 unspecified atom stereocenters. The second-order valence-electron chi connectivity index (χ2n) is 6.39. The van der Waals surface area contributed by atoms with Crippen LogP contribution < -0.4 is 10.2 Å². The molecule has 2 heterocycles. The quantitative estimate of drug-likeness (QED) is 0.785. The van der Waals surface area contributed by atoms with Crippen molar-refractivity contribution in [1.29, 1.82) is 0 Å². The Bertz CT molecular complexity index is 813. The third-order valence-corrected chi connectivity index (χ3v) is 4.39. The van der Waals surface area contributed by atoms with E-state index in [-0.39, 0.29) is 5.69 Å². The molecule has 2 aromatic rings. The third-order valence-electron chi connectivity index (χ3n) is 4.39. The summed E-state index contributed by atoms with van der Waals surface area (Å²) in [6.07, 6.45) is 4.66. The van der Waals surface area contributed by atoms with Crippen LogP contribution in [-0.2, 0) is 11.0 Å². The van der Waals surface area contributed by atoms with Crippen LogP contribution in [0.15, 0.2) is 48.8 Å². The number of amides is 1. The van der Waals surface area contributed by atoms with Crippen LogP contribution in [0.1, 0.15) is 30.4 Å². The van der Waals surface area contributed by atoms with Crippen molar-refractivity contribution in [3.05, 3.63) is 59.9 Å². The first kappa shape index (κ1) is 18.9. The van der Waals surface area contributed by atoms with Crippen LogP contribution in [0.5, 0.6) is 0 Å². The lowest BCUT2D eigenvalue weighted by Crippen LogP contribution is -2.30. The number of nitrogens with zero attached hydrogens (tertiary/aromatic N) is 2. The van der Waals surface area contributed by atoms with E-state index >= 15 is 0 Å². The number of pyridine rings is 1. The summed E-state index contributed by atoms with van der Waals surface area (Å²) in [5.74, 6) is -0.489. The minimum absolute atomic E-state index is 0.174. The maximum Gasteiger partial charge on any atom is 0.416 e. The van der Waals surface area contributed by atoms with E-state index in [0.29, 0.717) is 5.69 Å². The van der Waals surface area contributed by atoms with Gasteiger partial charge in [-0.05, 0) is 55.2 Å². The van der Waals surface area contributed by atoms with Crippen molar-refractivity contribution in [2.24, 2.45) is 0 Å². The molecule has 1 aliphatic heterocycles. The number of anilines is 2. The van der Waals surface area contributed by atoms with Crippen molar-refractivity contribution in [2.45, 2.75) is 25.4 Å². The van der Waals surface area contributed by atoms with E-state index in [0.717, 1.165) is 50.0 Å². The number of benzene rings is 1. The van der Waals surface area contributed by atoms with Gasteiger partial charge in [-0.25, -0.2) is 0 Å². The lowest BCUT2D eigenvalue weighted by Gasteiger charge is -2.31. The first-order chi connectivity index (χ1) is 12.9. The Morgan fingerprint density at radius 2 is 1.93 bits per heavy atom. The van der Waals surface area contributed by atoms with E-state index in [1.807, 2.05) is 4.90 Å². The molecule has 1 aromatic heterocycles. The summed E-state index contributed by atoms with van der Waals surface area (Å²) in [4.78, 5) is 18.2. The van der Waals surface area contributed by atoms with Crippen molar-refractivity contribution in [3.63, 3.8) is 0 Å². The predicted molar refractivity (Wildman–Crippen MR) is 99.4 cm³/mol. The molecule has 3 rings (SSSR count). The number of hydrogen-bond acceptors (Lipinski definition) is 3. The summed E-state index contributed by atoms with van der Waals surface area (Å²) in [6.45, 7) is 1.53. The summed E-state index contributed by atoms with van der Waals surface area (Å²) in [7, 11) is 0. The van der Waals surface area contributed by atoms with Gasteiger partial charge in [-0.15, -0.1) is 0 Å². The molecule has 7 heteroatoms. The second kappa shape index (κ2) is 8.24. The molecule has 0 aliphatic carbocycles. The van der Waals surface area contributed by atoms with Gasteiger partial charge >= 0.3 is 6.18 Å². The summed E-state index contributed by atoms with van der Waals surface area (Å²) in [5.41, 5.74) is 0.737. The average Bonchev–Trinajstić information content (AvgIpc) is 2.67. The standard InChI is InChI=1S/C20H20F3N3O/c21-20(22,23)16-7-8-18(26-11-2-1-3-12-26)17(13-16)25-19(27)9-6-15-5-4-10-24-14-15/h4-10,13-14H,1-3,11-12H2,(H,25,27)/b9-6+. The van der Waals surface area contributed by atoms with Crippen LogP contribution in [0.3, 0.4) is 0 Å². The van der Waals surface area contributed by atoms with Gasteiger partial charge in [0.15, 0.2) is 0 Å². The fourth-order valence-corrected chi connectivity index (χ4v) is 3.04. The van der Waals surface area contributed by atoms with Crippen LogP contribution >= 0.6 is 0 Å². The molecule has 0 saturated carbocycles. The van der Waals surface area contributed by atoms with E-state index in [1.165, 1.54) is 12.1 Å². The fraction of sp³-hybridized carbons (Fsp3) is 0.300. The van der Waals surface area contributed by atoms with Gasteiger partial charge < -0.3 is 10.2 Å². The number of halogens is 3. The zero-order valence-electron chi connectivity index (χ0n) is 14.7. The number of hydrogen-bond donors (Lipinski definition) is 1. The van der Waals surface area contributed by atoms with E-state index < -0.39 is 17.6 Å². The molecule has 1 fully saturated rings. The molecule has 0 atom stereocenters. The molecule has 0 spiro atoms. The largest absolute Gasteiger partial charge is 0.416 e. The number of carbonyl (C=O) groups is 1. The Balaban J connectivity index is 1.84. The molecule has 0 radical (unpaired) electrons. The molecule has 4 nitrogen and oxygen atoms in total. The SMILES string of the molecule is O=C(/C=C/c1cccnc1)Nc1cc(C(F)(F)F)ccc1N1CCCCC1. The maximum atomic E-state index is 13.1. The Morgan fingerprint density at radius 1 is 1.15 bits per heavy atom. The van der Waals surface area contributed by atoms with Gasteiger partial charge in [0.05, 0.1) is 16.9 Å². The number of piperidine rings is 1. The summed E-state index contributed by atoms with van der Waals surface area (Å²) in [5, 5.41) is 2.60. The normalized spacial score (nSPS) is 15.1. The van der Waals surface area contributed by atoms with Crippen LogP contribution in [0.4, 0.5) is 24.5 Å². The van der Waals surface area contributed by atoms with Gasteiger partial charge in [-0.1, -0.05) is 6.07 Å². The second-order valence-corrected chi connectivity index (χ2v) is 6.39. The molecule has 1 amide bonds. The maximum absolute atomic E-state index is 13.1. The third kappa shape index (κ3) is 5.09. The molecule has 1 aliphatic rings.